The maximum absolute atomic E-state index is 12.7. The van der Waals surface area contributed by atoms with Crippen LogP contribution in [0.5, 0.6) is 5.75 Å². The largest absolute Gasteiger partial charge is 0.497 e. The van der Waals surface area contributed by atoms with Gasteiger partial charge >= 0.3 is 0 Å². The number of nitrogens with one attached hydrogen (secondary N) is 1. The molecule has 176 valence electrons. The van der Waals surface area contributed by atoms with Crippen molar-refractivity contribution in [3.8, 4) is 17.1 Å². The lowest BCUT2D eigenvalue weighted by Crippen LogP contribution is -2.30. The number of carbonyl (C=O) groups is 1. The van der Waals surface area contributed by atoms with Crippen LogP contribution in [0.25, 0.3) is 11.4 Å². The number of nitrogens with zero attached hydrogens (tertiary/aromatic N) is 4. The SMILES string of the molecule is CCN(CC)S(=O)(=O)c1cccc(NC(=O)CSc2nnc(-c3ccc(OC)cc3)n2C)c1. The highest BCUT2D eigenvalue weighted by atomic mass is 32.2. The number of benzene rings is 2. The second kappa shape index (κ2) is 10.8. The second-order valence-corrected chi connectivity index (χ2v) is 9.93. The van der Waals surface area contributed by atoms with Crippen LogP contribution in [0.2, 0.25) is 0 Å². The summed E-state index contributed by atoms with van der Waals surface area (Å²) in [6.07, 6.45) is 0. The standard InChI is InChI=1S/C22H27N5O4S2/c1-5-27(6-2)33(29,30)19-9-7-8-17(14-19)23-20(28)15-32-22-25-24-21(26(22)3)16-10-12-18(31-4)13-11-16/h7-14H,5-6,15H2,1-4H3,(H,23,28). The lowest BCUT2D eigenvalue weighted by atomic mass is 10.2. The monoisotopic (exact) mass is 489 g/mol. The van der Waals surface area contributed by atoms with Gasteiger partial charge in [-0.25, -0.2) is 8.42 Å². The number of methoxy groups -OCH3 is 1. The molecule has 3 rings (SSSR count). The van der Waals surface area contributed by atoms with Crippen molar-refractivity contribution in [2.24, 2.45) is 7.05 Å². The van der Waals surface area contributed by atoms with Crippen molar-refractivity contribution >= 4 is 33.4 Å². The molecule has 11 heteroatoms. The summed E-state index contributed by atoms with van der Waals surface area (Å²) in [7, 11) is -0.158. The van der Waals surface area contributed by atoms with Crippen molar-refractivity contribution in [3.63, 3.8) is 0 Å². The molecule has 0 aliphatic carbocycles. The minimum Gasteiger partial charge on any atom is -0.497 e. The molecule has 0 atom stereocenters. The van der Waals surface area contributed by atoms with E-state index in [9.17, 15) is 13.2 Å². The number of aromatic nitrogens is 3. The van der Waals surface area contributed by atoms with Gasteiger partial charge in [-0.2, -0.15) is 4.31 Å². The van der Waals surface area contributed by atoms with E-state index < -0.39 is 10.0 Å². The number of amides is 1. The van der Waals surface area contributed by atoms with Crippen LogP contribution in [0.15, 0.2) is 58.6 Å². The van der Waals surface area contributed by atoms with E-state index in [4.69, 9.17) is 4.74 Å². The van der Waals surface area contributed by atoms with Crippen LogP contribution in [0.4, 0.5) is 5.69 Å². The highest BCUT2D eigenvalue weighted by Gasteiger charge is 2.22. The number of carbonyl (C=O) groups excluding carboxylic acids is 1. The Morgan fingerprint density at radius 1 is 1.12 bits per heavy atom. The summed E-state index contributed by atoms with van der Waals surface area (Å²) in [6, 6.07) is 13.7. The highest BCUT2D eigenvalue weighted by Crippen LogP contribution is 2.25. The zero-order valence-electron chi connectivity index (χ0n) is 19.0. The summed E-state index contributed by atoms with van der Waals surface area (Å²) >= 11 is 1.25. The lowest BCUT2D eigenvalue weighted by Gasteiger charge is -2.18. The number of anilines is 1. The van der Waals surface area contributed by atoms with Gasteiger partial charge in [-0.15, -0.1) is 10.2 Å². The average molecular weight is 490 g/mol. The average Bonchev–Trinajstić information content (AvgIpc) is 3.18. The van der Waals surface area contributed by atoms with E-state index in [1.807, 2.05) is 35.9 Å². The minimum absolute atomic E-state index is 0.0988. The number of hydrogen-bond donors (Lipinski definition) is 1. The van der Waals surface area contributed by atoms with E-state index in [1.165, 1.54) is 28.2 Å². The Labute approximate surface area is 198 Å². The number of thioether (sulfide) groups is 1. The molecule has 1 aromatic heterocycles. The van der Waals surface area contributed by atoms with E-state index in [2.05, 4.69) is 15.5 Å². The molecule has 33 heavy (non-hydrogen) atoms. The van der Waals surface area contributed by atoms with Gasteiger partial charge in [0.25, 0.3) is 0 Å². The molecule has 0 aliphatic heterocycles. The molecule has 0 radical (unpaired) electrons. The molecule has 1 heterocycles. The first-order valence-corrected chi connectivity index (χ1v) is 12.8. The summed E-state index contributed by atoms with van der Waals surface area (Å²) in [5, 5.41) is 11.7. The zero-order chi connectivity index (χ0) is 24.0. The highest BCUT2D eigenvalue weighted by molar-refractivity contribution is 7.99. The molecular weight excluding hydrogens is 462 g/mol. The Hall–Kier alpha value is -2.89. The summed E-state index contributed by atoms with van der Waals surface area (Å²) in [4.78, 5) is 12.6. The summed E-state index contributed by atoms with van der Waals surface area (Å²) in [6.45, 7) is 4.33. The van der Waals surface area contributed by atoms with Crippen molar-refractivity contribution < 1.29 is 17.9 Å². The molecule has 9 nitrogen and oxygen atoms in total. The molecular formula is C22H27N5O4S2. The Balaban J connectivity index is 1.65. The van der Waals surface area contributed by atoms with Crippen LogP contribution in [-0.2, 0) is 21.9 Å². The maximum Gasteiger partial charge on any atom is 0.243 e. The first-order valence-electron chi connectivity index (χ1n) is 10.4. The Bertz CT molecular complexity index is 1210. The molecule has 1 amide bonds. The third kappa shape index (κ3) is 5.73. The van der Waals surface area contributed by atoms with Gasteiger partial charge < -0.3 is 14.6 Å². The number of hydrogen-bond acceptors (Lipinski definition) is 7. The molecule has 3 aromatic rings. The van der Waals surface area contributed by atoms with Crippen LogP contribution < -0.4 is 10.1 Å². The predicted octanol–water partition coefficient (Wildman–Crippen LogP) is 3.25. The molecule has 0 spiro atoms. The van der Waals surface area contributed by atoms with Gasteiger partial charge in [-0.3, -0.25) is 4.79 Å². The number of rotatable bonds is 10. The van der Waals surface area contributed by atoms with Crippen LogP contribution in [0.1, 0.15) is 13.8 Å². The molecule has 0 fully saturated rings. The van der Waals surface area contributed by atoms with Crippen molar-refractivity contribution in [1.29, 1.82) is 0 Å². The third-order valence-corrected chi connectivity index (χ3v) is 8.04. The van der Waals surface area contributed by atoms with Crippen LogP contribution >= 0.6 is 11.8 Å². The molecule has 1 N–H and O–H groups in total. The Morgan fingerprint density at radius 3 is 2.45 bits per heavy atom. The van der Waals surface area contributed by atoms with Crippen LogP contribution in [0.3, 0.4) is 0 Å². The molecule has 0 saturated carbocycles. The quantitative estimate of drug-likeness (QED) is 0.436. The minimum atomic E-state index is -3.60. The zero-order valence-corrected chi connectivity index (χ0v) is 20.6. The smallest absolute Gasteiger partial charge is 0.243 e. The number of sulfonamides is 1. The first-order chi connectivity index (χ1) is 15.8. The first kappa shape index (κ1) is 24.7. The maximum atomic E-state index is 12.7. The van der Waals surface area contributed by atoms with E-state index in [0.717, 1.165) is 11.3 Å². The van der Waals surface area contributed by atoms with Gasteiger partial charge in [0.15, 0.2) is 11.0 Å². The van der Waals surface area contributed by atoms with Crippen molar-refractivity contribution in [2.45, 2.75) is 23.9 Å². The predicted molar refractivity (Wildman–Crippen MR) is 129 cm³/mol. The summed E-state index contributed by atoms with van der Waals surface area (Å²) in [5.74, 6) is 1.25. The molecule has 2 aromatic carbocycles. The van der Waals surface area contributed by atoms with Gasteiger partial charge in [0.2, 0.25) is 15.9 Å². The van der Waals surface area contributed by atoms with Gasteiger partial charge in [0, 0.05) is 31.4 Å². The fourth-order valence-electron chi connectivity index (χ4n) is 3.21. The fourth-order valence-corrected chi connectivity index (χ4v) is 5.42. The van der Waals surface area contributed by atoms with Crippen molar-refractivity contribution in [3.05, 3.63) is 48.5 Å². The molecule has 0 aliphatic rings. The fraction of sp³-hybridized carbons (Fsp3) is 0.318. The van der Waals surface area contributed by atoms with E-state index in [0.29, 0.717) is 29.8 Å². The Kier molecular flexibility index (Phi) is 8.11. The number of ether oxygens (including phenoxy) is 1. The van der Waals surface area contributed by atoms with Crippen molar-refractivity contribution in [1.82, 2.24) is 19.1 Å². The van der Waals surface area contributed by atoms with Crippen LogP contribution in [-0.4, -0.2) is 59.3 Å². The third-order valence-electron chi connectivity index (χ3n) is 4.98. The molecule has 0 bridgehead atoms. The Morgan fingerprint density at radius 2 is 1.82 bits per heavy atom. The van der Waals surface area contributed by atoms with E-state index in [1.54, 1.807) is 33.1 Å². The van der Waals surface area contributed by atoms with Crippen LogP contribution in [0, 0.1) is 0 Å². The van der Waals surface area contributed by atoms with E-state index in [-0.39, 0.29) is 16.6 Å². The van der Waals surface area contributed by atoms with Gasteiger partial charge in [-0.05, 0) is 42.5 Å². The topological polar surface area (TPSA) is 106 Å². The van der Waals surface area contributed by atoms with Crippen molar-refractivity contribution in [2.75, 3.05) is 31.3 Å². The second-order valence-electron chi connectivity index (χ2n) is 7.05. The lowest BCUT2D eigenvalue weighted by molar-refractivity contribution is -0.113. The molecule has 0 saturated heterocycles. The molecule has 0 unspecified atom stereocenters. The van der Waals surface area contributed by atoms with Gasteiger partial charge in [-0.1, -0.05) is 31.7 Å². The normalized spacial score (nSPS) is 11.5. The van der Waals surface area contributed by atoms with E-state index >= 15 is 0 Å². The summed E-state index contributed by atoms with van der Waals surface area (Å²) in [5.41, 5.74) is 1.30. The van der Waals surface area contributed by atoms with Gasteiger partial charge in [0.05, 0.1) is 17.8 Å². The van der Waals surface area contributed by atoms with Gasteiger partial charge in [0.1, 0.15) is 5.75 Å². The summed E-state index contributed by atoms with van der Waals surface area (Å²) < 4.78 is 33.8.